The zero-order valence-electron chi connectivity index (χ0n) is 21.2. The van der Waals surface area contributed by atoms with Gasteiger partial charge in [-0.05, 0) is 0 Å². The van der Waals surface area contributed by atoms with Crippen LogP contribution in [-0.4, -0.2) is 0 Å². The molecule has 0 nitrogen and oxygen atoms in total. The standard InChI is InChI=1S/2C4H8.2C3H7.CH4.18Y/c2*1-3-4-2;2*1-3-2;;;;;;;;;;;;;;;;;;;/h2*1-4H2;2*3H,1-2H3;1H4;;;;;;;;;;;;;;;;;;/q2*-2;2*-1;;;;;;;;;;;;;;;;;;2*+3. The molecule has 0 aliphatic rings. The van der Waals surface area contributed by atoms with Crippen molar-refractivity contribution in [3.8, 4) is 0 Å². The maximum absolute atomic E-state index is 3.54. The maximum atomic E-state index is 3.54. The Hall–Kier alpha value is 19.9. The monoisotopic (exact) mass is 1810 g/mol. The molecule has 0 heterocycles. The van der Waals surface area contributed by atoms with E-state index < -0.39 is 0 Å². The van der Waals surface area contributed by atoms with Crippen LogP contribution in [0.4, 0.5) is 0 Å². The SMILES string of the molecule is C.C[CH-]C.C[CH-]C.[CH2-]CC[CH2-].[CH2-]CC[CH2-].[Y+3].[Y+3].[Y].[Y].[Y].[Y].[Y].[Y].[Y].[Y].[Y].[Y].[Y].[Y].[Y].[Y].[Y].[Y]. The maximum Gasteiger partial charge on any atom is 3.00 e. The Morgan fingerprint density at radius 1 is 0.333 bits per heavy atom. The van der Waals surface area contributed by atoms with Crippen LogP contribution in [-0.2, 0) is 589 Å². The molecular formula is C15H34Y18. The average Bonchev–Trinajstić information content (AvgIpc) is 2.20. The second kappa shape index (κ2) is 201. The number of hydrogen-bond donors (Lipinski definition) is 0. The first-order valence-electron chi connectivity index (χ1n) is 5.31. The molecule has 0 aliphatic carbocycles. The van der Waals surface area contributed by atoms with Gasteiger partial charge in [0, 0.05) is 523 Å². The van der Waals surface area contributed by atoms with Crippen molar-refractivity contribution in [1.82, 2.24) is 0 Å². The molecule has 18 heteroatoms. The Bertz CT molecular complexity index is 53.8. The van der Waals surface area contributed by atoms with Gasteiger partial charge in [0.2, 0.25) is 0 Å². The Morgan fingerprint density at radius 3 is 0.364 bits per heavy atom. The minimum atomic E-state index is 0. The quantitative estimate of drug-likeness (QED) is 0.302. The first-order valence-corrected chi connectivity index (χ1v) is 5.31. The fraction of sp³-hybridized carbons (Fsp3) is 0.600. The summed E-state index contributed by atoms with van der Waals surface area (Å²) >= 11 is 0. The van der Waals surface area contributed by atoms with Crippen LogP contribution < -0.4 is 0 Å². The van der Waals surface area contributed by atoms with E-state index in [0.717, 1.165) is 25.7 Å². The topological polar surface area (TPSA) is 0 Å². The van der Waals surface area contributed by atoms with E-state index in [2.05, 4.69) is 27.7 Å². The first-order chi connectivity index (χ1) is 6.66. The van der Waals surface area contributed by atoms with Crippen molar-refractivity contribution in [2.45, 2.75) is 60.8 Å². The Morgan fingerprint density at radius 2 is 0.364 bits per heavy atom. The van der Waals surface area contributed by atoms with Crippen LogP contribution in [0.1, 0.15) is 60.8 Å². The van der Waals surface area contributed by atoms with Gasteiger partial charge in [-0.3, -0.25) is 0 Å². The fourth-order valence-electron chi connectivity index (χ4n) is 0. The molecule has 0 fully saturated rings. The van der Waals surface area contributed by atoms with Crippen LogP contribution in [0.3, 0.4) is 0 Å². The van der Waals surface area contributed by atoms with Gasteiger partial charge in [-0.15, -0.1) is 0 Å². The van der Waals surface area contributed by atoms with Gasteiger partial charge in [-0.1, -0.05) is 7.43 Å². The van der Waals surface area contributed by atoms with E-state index in [1.165, 1.54) is 0 Å². The van der Waals surface area contributed by atoms with Gasteiger partial charge in [0.15, 0.2) is 0 Å². The minimum absolute atomic E-state index is 0. The third kappa shape index (κ3) is 270. The van der Waals surface area contributed by atoms with Crippen molar-refractivity contribution >= 4 is 0 Å². The van der Waals surface area contributed by atoms with Gasteiger partial charge in [-0.2, -0.15) is 27.7 Å². The van der Waals surface area contributed by atoms with Crippen LogP contribution in [0.15, 0.2) is 0 Å². The van der Waals surface area contributed by atoms with Crippen molar-refractivity contribution in [1.29, 1.82) is 0 Å². The van der Waals surface area contributed by atoms with Gasteiger partial charge in [0.25, 0.3) is 0 Å². The summed E-state index contributed by atoms with van der Waals surface area (Å²) in [5.74, 6) is 0. The normalized spacial score (nSPS) is 2.91. The molecule has 0 aliphatic heterocycles. The van der Waals surface area contributed by atoms with E-state index in [4.69, 9.17) is 0 Å². The Kier molecular flexibility index (Phi) is 969. The fourth-order valence-corrected chi connectivity index (χ4v) is 0. The van der Waals surface area contributed by atoms with Crippen molar-refractivity contribution < 1.29 is 589 Å². The van der Waals surface area contributed by atoms with E-state index in [0.29, 0.717) is 0 Å². The molecule has 0 aromatic carbocycles. The van der Waals surface area contributed by atoms with Gasteiger partial charge < -0.3 is 40.5 Å². The second-order valence-corrected chi connectivity index (χ2v) is 2.57. The molecule has 0 rings (SSSR count). The summed E-state index contributed by atoms with van der Waals surface area (Å²) in [6, 6.07) is 0. The molecule has 0 saturated carbocycles. The number of unbranched alkanes of at least 4 members (excludes halogenated alkanes) is 2. The first kappa shape index (κ1) is 159. The van der Waals surface area contributed by atoms with Crippen LogP contribution in [0.2, 0.25) is 0 Å². The summed E-state index contributed by atoms with van der Waals surface area (Å²) in [6.45, 7) is 22.2. The number of hydrogen-bond acceptors (Lipinski definition) is 0. The third-order valence-electron chi connectivity index (χ3n) is 0.500. The molecule has 33 heavy (non-hydrogen) atoms. The molecule has 0 saturated heterocycles. The average molecular weight is 1810 g/mol. The van der Waals surface area contributed by atoms with Gasteiger partial charge in [0.1, 0.15) is 0 Å². The molecule has 0 N–H and O–H groups in total. The molecule has 0 atom stereocenters. The minimum Gasteiger partial charge on any atom is -0.346 e. The molecule has 16 radical (unpaired) electrons. The molecule has 148 valence electrons. The molecule has 0 bridgehead atoms. The summed E-state index contributed by atoms with van der Waals surface area (Å²) in [4.78, 5) is 0. The van der Waals surface area contributed by atoms with Gasteiger partial charge in [0.05, 0.1) is 0 Å². The largest absolute Gasteiger partial charge is 3.00 e. The predicted octanol–water partition coefficient (Wildman–Crippen LogP) is 5.92. The number of rotatable bonds is 2. The summed E-state index contributed by atoms with van der Waals surface area (Å²) in [5, 5.41) is 0. The summed E-state index contributed by atoms with van der Waals surface area (Å²) in [5.41, 5.74) is 0. The van der Waals surface area contributed by atoms with Crippen molar-refractivity contribution in [2.75, 3.05) is 0 Å². The third-order valence-corrected chi connectivity index (χ3v) is 0.500. The van der Waals surface area contributed by atoms with Crippen LogP contribution in [0.5, 0.6) is 0 Å². The van der Waals surface area contributed by atoms with E-state index in [1.807, 2.05) is 40.5 Å². The van der Waals surface area contributed by atoms with Crippen LogP contribution in [0, 0.1) is 40.5 Å². The molecule has 0 unspecified atom stereocenters. The van der Waals surface area contributed by atoms with E-state index in [9.17, 15) is 0 Å². The molecular weight excluding hydrogens is 1780 g/mol. The smallest absolute Gasteiger partial charge is 0.346 e. The summed E-state index contributed by atoms with van der Waals surface area (Å²) in [7, 11) is 0. The second-order valence-electron chi connectivity index (χ2n) is 2.57. The van der Waals surface area contributed by atoms with E-state index in [1.54, 1.807) is 0 Å². The van der Waals surface area contributed by atoms with Crippen LogP contribution >= 0.6 is 0 Å². The van der Waals surface area contributed by atoms with Gasteiger partial charge in [-0.25, -0.2) is 25.7 Å². The zero-order chi connectivity index (χ0) is 12.2. The predicted molar refractivity (Wildman–Crippen MR) is 77.9 cm³/mol. The molecule has 0 amide bonds. The van der Waals surface area contributed by atoms with E-state index in [-0.39, 0.29) is 596 Å². The Balaban J connectivity index is -0.00000000162. The summed E-state index contributed by atoms with van der Waals surface area (Å²) < 4.78 is 0. The molecule has 0 aromatic heterocycles. The van der Waals surface area contributed by atoms with Crippen molar-refractivity contribution in [3.63, 3.8) is 0 Å². The van der Waals surface area contributed by atoms with Crippen molar-refractivity contribution in [3.05, 3.63) is 40.5 Å². The van der Waals surface area contributed by atoms with E-state index >= 15 is 0 Å². The molecule has 0 aromatic rings. The zero-order valence-corrected chi connectivity index (χ0v) is 72.3. The summed E-state index contributed by atoms with van der Waals surface area (Å²) in [6.07, 6.45) is 7.83. The Labute approximate surface area is 667 Å². The van der Waals surface area contributed by atoms with Crippen LogP contribution in [0.25, 0.3) is 0 Å². The molecule has 0 spiro atoms. The van der Waals surface area contributed by atoms with Crippen molar-refractivity contribution in [2.24, 2.45) is 0 Å². The van der Waals surface area contributed by atoms with Gasteiger partial charge >= 0.3 is 65.4 Å².